The van der Waals surface area contributed by atoms with Crippen LogP contribution in [-0.2, 0) is 0 Å². The van der Waals surface area contributed by atoms with E-state index in [1.54, 1.807) is 12.1 Å². The lowest BCUT2D eigenvalue weighted by molar-refractivity contribution is 0.0935. The van der Waals surface area contributed by atoms with Crippen LogP contribution >= 0.6 is 11.3 Å². The maximum absolute atomic E-state index is 14.2. The first kappa shape index (κ1) is 14.9. The zero-order valence-electron chi connectivity index (χ0n) is 13.0. The summed E-state index contributed by atoms with van der Waals surface area (Å²) in [6.07, 6.45) is -0.383. The number of halogens is 1. The molecule has 3 nitrogen and oxygen atoms in total. The van der Waals surface area contributed by atoms with Gasteiger partial charge in [-0.1, -0.05) is 24.3 Å². The number of thiophene rings is 1. The van der Waals surface area contributed by atoms with Crippen molar-refractivity contribution < 1.29 is 9.18 Å². The van der Waals surface area contributed by atoms with Gasteiger partial charge in [-0.15, -0.1) is 11.3 Å². The van der Waals surface area contributed by atoms with E-state index in [2.05, 4.69) is 10.6 Å². The molecule has 1 aromatic heterocycles. The summed E-state index contributed by atoms with van der Waals surface area (Å²) in [7, 11) is 0. The van der Waals surface area contributed by atoms with Gasteiger partial charge in [-0.3, -0.25) is 4.79 Å². The van der Waals surface area contributed by atoms with Crippen molar-refractivity contribution in [3.63, 3.8) is 0 Å². The molecular formula is C19H15FN2OS. The Morgan fingerprint density at radius 1 is 1.08 bits per heavy atom. The first-order valence-corrected chi connectivity index (χ1v) is 8.52. The Balaban J connectivity index is 1.73. The number of carbonyl (C=O) groups is 1. The smallest absolute Gasteiger partial charge is 0.255 e. The molecule has 0 bridgehead atoms. The summed E-state index contributed by atoms with van der Waals surface area (Å²) < 4.78 is 14.2. The van der Waals surface area contributed by atoms with Crippen molar-refractivity contribution in [2.75, 3.05) is 5.32 Å². The van der Waals surface area contributed by atoms with Gasteiger partial charge in [0.2, 0.25) is 0 Å². The minimum atomic E-state index is -0.383. The van der Waals surface area contributed by atoms with Crippen molar-refractivity contribution in [1.82, 2.24) is 5.32 Å². The molecule has 120 valence electrons. The van der Waals surface area contributed by atoms with Crippen molar-refractivity contribution in [3.05, 3.63) is 76.4 Å². The third kappa shape index (κ3) is 2.47. The molecular weight excluding hydrogens is 323 g/mol. The molecule has 2 heterocycles. The Hall–Kier alpha value is -2.66. The highest BCUT2D eigenvalue weighted by Gasteiger charge is 2.26. The predicted molar refractivity (Wildman–Crippen MR) is 94.7 cm³/mol. The van der Waals surface area contributed by atoms with E-state index < -0.39 is 0 Å². The Bertz CT molecular complexity index is 921. The standard InChI is InChI=1S/C19H15FN2OS/c1-11-4-2-5-15-17(11)19(23)22-18(21-15)12-7-8-14(20)13(10-12)16-6-3-9-24-16/h2-10,18,21H,1H3,(H,22,23)/t18-/m1/s1. The zero-order valence-corrected chi connectivity index (χ0v) is 13.8. The number of hydrogen-bond acceptors (Lipinski definition) is 3. The molecule has 2 N–H and O–H groups in total. The molecule has 2 aromatic carbocycles. The van der Waals surface area contributed by atoms with Crippen LogP contribution in [0.15, 0.2) is 53.9 Å². The van der Waals surface area contributed by atoms with Gasteiger partial charge in [-0.2, -0.15) is 0 Å². The lowest BCUT2D eigenvalue weighted by Crippen LogP contribution is -2.38. The van der Waals surface area contributed by atoms with Crippen LogP contribution in [0.25, 0.3) is 10.4 Å². The average molecular weight is 338 g/mol. The molecule has 0 radical (unpaired) electrons. The van der Waals surface area contributed by atoms with Gasteiger partial charge in [0.1, 0.15) is 12.0 Å². The van der Waals surface area contributed by atoms with E-state index in [0.29, 0.717) is 11.1 Å². The summed E-state index contributed by atoms with van der Waals surface area (Å²) in [5.41, 5.74) is 3.75. The molecule has 1 aliphatic heterocycles. The summed E-state index contributed by atoms with van der Waals surface area (Å²) in [5.74, 6) is -0.381. The van der Waals surface area contributed by atoms with E-state index >= 15 is 0 Å². The number of benzene rings is 2. The number of nitrogens with one attached hydrogen (secondary N) is 2. The highest BCUT2D eigenvalue weighted by atomic mass is 32.1. The van der Waals surface area contributed by atoms with Gasteiger partial charge in [-0.05, 0) is 47.7 Å². The first-order chi connectivity index (χ1) is 11.6. The lowest BCUT2D eigenvalue weighted by Gasteiger charge is -2.29. The predicted octanol–water partition coefficient (Wildman–Crippen LogP) is 4.72. The van der Waals surface area contributed by atoms with E-state index in [4.69, 9.17) is 0 Å². The molecule has 1 atom stereocenters. The quantitative estimate of drug-likeness (QED) is 0.710. The highest BCUT2D eigenvalue weighted by Crippen LogP contribution is 2.32. The van der Waals surface area contributed by atoms with E-state index in [9.17, 15) is 9.18 Å². The third-order valence-corrected chi connectivity index (χ3v) is 5.09. The summed E-state index contributed by atoms with van der Waals surface area (Å²) in [6.45, 7) is 1.91. The zero-order chi connectivity index (χ0) is 16.7. The third-order valence-electron chi connectivity index (χ3n) is 4.19. The maximum atomic E-state index is 14.2. The number of amides is 1. The first-order valence-electron chi connectivity index (χ1n) is 7.64. The fraction of sp³-hybridized carbons (Fsp3) is 0.105. The van der Waals surface area contributed by atoms with Crippen LogP contribution in [0.1, 0.15) is 27.7 Å². The summed E-state index contributed by atoms with van der Waals surface area (Å²) in [4.78, 5) is 13.3. The van der Waals surface area contributed by atoms with Crippen molar-refractivity contribution >= 4 is 22.9 Å². The van der Waals surface area contributed by atoms with Crippen LogP contribution in [-0.4, -0.2) is 5.91 Å². The fourth-order valence-electron chi connectivity index (χ4n) is 2.99. The van der Waals surface area contributed by atoms with E-state index in [0.717, 1.165) is 21.7 Å². The second-order valence-electron chi connectivity index (χ2n) is 5.76. The minimum Gasteiger partial charge on any atom is -0.361 e. The van der Waals surface area contributed by atoms with Crippen LogP contribution < -0.4 is 10.6 Å². The van der Waals surface area contributed by atoms with Gasteiger partial charge >= 0.3 is 0 Å². The lowest BCUT2D eigenvalue weighted by atomic mass is 10.0. The van der Waals surface area contributed by atoms with Crippen LogP contribution in [0.4, 0.5) is 10.1 Å². The van der Waals surface area contributed by atoms with Gasteiger partial charge in [0, 0.05) is 16.1 Å². The van der Waals surface area contributed by atoms with Crippen LogP contribution in [0.3, 0.4) is 0 Å². The van der Waals surface area contributed by atoms with Gasteiger partial charge < -0.3 is 10.6 Å². The van der Waals surface area contributed by atoms with E-state index in [-0.39, 0.29) is 17.9 Å². The molecule has 0 unspecified atom stereocenters. The van der Waals surface area contributed by atoms with Crippen LogP contribution in [0.5, 0.6) is 0 Å². The second-order valence-corrected chi connectivity index (χ2v) is 6.71. The SMILES string of the molecule is Cc1cccc2c1C(=O)N[C@H](c1ccc(F)c(-c3cccs3)c1)N2. The molecule has 5 heteroatoms. The summed E-state index contributed by atoms with van der Waals surface area (Å²) in [6, 6.07) is 14.4. The van der Waals surface area contributed by atoms with Crippen molar-refractivity contribution in [2.45, 2.75) is 13.1 Å². The number of fused-ring (bicyclic) bond motifs is 1. The van der Waals surface area contributed by atoms with E-state index in [1.165, 1.54) is 17.4 Å². The molecule has 0 aliphatic carbocycles. The number of carbonyl (C=O) groups excluding carboxylic acids is 1. The largest absolute Gasteiger partial charge is 0.361 e. The summed E-state index contributed by atoms with van der Waals surface area (Å²) >= 11 is 1.49. The van der Waals surface area contributed by atoms with Gasteiger partial charge in [0.05, 0.1) is 5.56 Å². The topological polar surface area (TPSA) is 41.1 Å². The molecule has 24 heavy (non-hydrogen) atoms. The monoisotopic (exact) mass is 338 g/mol. The molecule has 0 fully saturated rings. The van der Waals surface area contributed by atoms with Crippen LogP contribution in [0.2, 0.25) is 0 Å². The van der Waals surface area contributed by atoms with Gasteiger partial charge in [-0.25, -0.2) is 4.39 Å². The second kappa shape index (κ2) is 5.76. The fourth-order valence-corrected chi connectivity index (χ4v) is 3.74. The Kier molecular flexibility index (Phi) is 3.58. The molecule has 4 rings (SSSR count). The normalized spacial score (nSPS) is 16.2. The molecule has 3 aromatic rings. The van der Waals surface area contributed by atoms with Gasteiger partial charge in [0.15, 0.2) is 0 Å². The Morgan fingerprint density at radius 2 is 1.96 bits per heavy atom. The minimum absolute atomic E-state index is 0.117. The van der Waals surface area contributed by atoms with Crippen molar-refractivity contribution in [3.8, 4) is 10.4 Å². The number of aryl methyl sites for hydroxylation is 1. The Labute approximate surface area is 143 Å². The summed E-state index contributed by atoms with van der Waals surface area (Å²) in [5, 5.41) is 8.20. The van der Waals surface area contributed by atoms with E-state index in [1.807, 2.05) is 42.6 Å². The number of rotatable bonds is 2. The van der Waals surface area contributed by atoms with Crippen molar-refractivity contribution in [2.24, 2.45) is 0 Å². The maximum Gasteiger partial charge on any atom is 0.255 e. The molecule has 1 amide bonds. The number of anilines is 1. The average Bonchev–Trinajstić information content (AvgIpc) is 3.09. The molecule has 0 spiro atoms. The van der Waals surface area contributed by atoms with Crippen molar-refractivity contribution in [1.29, 1.82) is 0 Å². The molecule has 1 aliphatic rings. The Morgan fingerprint density at radius 3 is 2.75 bits per heavy atom. The highest BCUT2D eigenvalue weighted by molar-refractivity contribution is 7.13. The number of hydrogen-bond donors (Lipinski definition) is 2. The van der Waals surface area contributed by atoms with Gasteiger partial charge in [0.25, 0.3) is 5.91 Å². The molecule has 0 saturated carbocycles. The van der Waals surface area contributed by atoms with Crippen LogP contribution in [0, 0.1) is 12.7 Å². The molecule has 0 saturated heterocycles.